The van der Waals surface area contributed by atoms with Crippen LogP contribution in [0.1, 0.15) is 43.4 Å². The Morgan fingerprint density at radius 1 is 1.19 bits per heavy atom. The highest BCUT2D eigenvalue weighted by atomic mass is 16.5. The van der Waals surface area contributed by atoms with Gasteiger partial charge < -0.3 is 14.7 Å². The van der Waals surface area contributed by atoms with E-state index in [0.717, 1.165) is 24.3 Å². The number of unbranched alkanes of at least 4 members (excludes halogenated alkanes) is 1. The van der Waals surface area contributed by atoms with E-state index in [9.17, 15) is 9.90 Å². The van der Waals surface area contributed by atoms with Crippen LogP contribution in [0.25, 0.3) is 0 Å². The summed E-state index contributed by atoms with van der Waals surface area (Å²) < 4.78 is 5.16. The Morgan fingerprint density at radius 2 is 1.81 bits per heavy atom. The quantitative estimate of drug-likeness (QED) is 0.764. The number of nitriles is 1. The summed E-state index contributed by atoms with van der Waals surface area (Å²) >= 11 is 0. The number of rotatable bonds is 8. The van der Waals surface area contributed by atoms with Gasteiger partial charge in [0.05, 0.1) is 30.8 Å². The average molecular weight is 366 g/mol. The molecule has 0 unspecified atom stereocenters. The third kappa shape index (κ3) is 5.08. The van der Waals surface area contributed by atoms with E-state index in [1.165, 1.54) is 0 Å². The van der Waals surface area contributed by atoms with Crippen molar-refractivity contribution in [2.75, 3.05) is 19.1 Å². The summed E-state index contributed by atoms with van der Waals surface area (Å²) in [5, 5.41) is 19.8. The number of anilines is 1. The maximum Gasteiger partial charge on any atom is 0.232 e. The number of amides is 1. The van der Waals surface area contributed by atoms with Gasteiger partial charge in [0, 0.05) is 12.7 Å². The van der Waals surface area contributed by atoms with Gasteiger partial charge in [-0.3, -0.25) is 4.79 Å². The lowest BCUT2D eigenvalue weighted by Gasteiger charge is -2.27. The summed E-state index contributed by atoms with van der Waals surface area (Å²) in [5.41, 5.74) is 1.92. The molecule has 142 valence electrons. The van der Waals surface area contributed by atoms with Crippen molar-refractivity contribution >= 4 is 11.6 Å². The minimum atomic E-state index is -0.919. The molecule has 1 N–H and O–H groups in total. The number of methoxy groups -OCH3 is 1. The van der Waals surface area contributed by atoms with E-state index in [1.54, 1.807) is 55.5 Å². The minimum absolute atomic E-state index is 0.134. The monoisotopic (exact) mass is 366 g/mol. The van der Waals surface area contributed by atoms with Crippen LogP contribution in [0, 0.1) is 17.2 Å². The van der Waals surface area contributed by atoms with Crippen molar-refractivity contribution < 1.29 is 14.6 Å². The van der Waals surface area contributed by atoms with E-state index >= 15 is 0 Å². The Kier molecular flexibility index (Phi) is 7.39. The van der Waals surface area contributed by atoms with Gasteiger partial charge >= 0.3 is 0 Å². The van der Waals surface area contributed by atoms with Crippen molar-refractivity contribution in [3.63, 3.8) is 0 Å². The molecule has 5 heteroatoms. The first-order valence-corrected chi connectivity index (χ1v) is 9.11. The molecule has 0 fully saturated rings. The Hall–Kier alpha value is -2.84. The predicted octanol–water partition coefficient (Wildman–Crippen LogP) is 4.07. The van der Waals surface area contributed by atoms with Crippen molar-refractivity contribution in [3.05, 3.63) is 59.7 Å². The first-order valence-electron chi connectivity index (χ1n) is 9.11. The number of ether oxygens (including phenoxy) is 1. The molecule has 0 saturated carbocycles. The zero-order chi connectivity index (χ0) is 19.8. The second-order valence-corrected chi connectivity index (χ2v) is 6.52. The molecule has 0 radical (unpaired) electrons. The van der Waals surface area contributed by atoms with Crippen LogP contribution in [-0.4, -0.2) is 25.2 Å². The molecule has 2 rings (SSSR count). The molecule has 0 aliphatic rings. The van der Waals surface area contributed by atoms with Gasteiger partial charge in [-0.1, -0.05) is 31.9 Å². The van der Waals surface area contributed by atoms with Crippen molar-refractivity contribution in [1.82, 2.24) is 0 Å². The Bertz CT molecular complexity index is 779. The molecule has 2 aromatic carbocycles. The number of hydrogen-bond donors (Lipinski definition) is 1. The largest absolute Gasteiger partial charge is 0.497 e. The highest BCUT2D eigenvalue weighted by Gasteiger charge is 2.30. The number of carbonyl (C=O) groups is 1. The van der Waals surface area contributed by atoms with Gasteiger partial charge in [0.2, 0.25) is 5.91 Å². The van der Waals surface area contributed by atoms with E-state index in [1.807, 2.05) is 12.1 Å². The fourth-order valence-corrected chi connectivity index (χ4v) is 3.01. The fraction of sp³-hybridized carbons (Fsp3) is 0.364. The first kappa shape index (κ1) is 20.5. The molecule has 0 spiro atoms. The summed E-state index contributed by atoms with van der Waals surface area (Å²) in [4.78, 5) is 14.7. The summed E-state index contributed by atoms with van der Waals surface area (Å²) in [6, 6.07) is 16.1. The Balaban J connectivity index is 2.24. The lowest BCUT2D eigenvalue weighted by atomic mass is 9.89. The second-order valence-electron chi connectivity index (χ2n) is 6.52. The normalized spacial score (nSPS) is 12.7. The fourth-order valence-electron chi connectivity index (χ4n) is 3.01. The number of hydrogen-bond acceptors (Lipinski definition) is 4. The smallest absolute Gasteiger partial charge is 0.232 e. The number of benzene rings is 2. The lowest BCUT2D eigenvalue weighted by Crippen LogP contribution is -2.36. The van der Waals surface area contributed by atoms with Crippen LogP contribution >= 0.6 is 0 Å². The predicted molar refractivity (Wildman–Crippen MR) is 106 cm³/mol. The standard InChI is InChI=1S/C22H26N2O3/c1-4-5-6-20(21(25)17-9-7-16(15-23)8-10-17)22(26)24(2)18-11-13-19(27-3)14-12-18/h7-14,20-21,25H,4-6H2,1-3H3/t20-,21-/m1/s1. The average Bonchev–Trinajstić information content (AvgIpc) is 2.73. The molecule has 2 atom stereocenters. The first-order chi connectivity index (χ1) is 13.0. The van der Waals surface area contributed by atoms with Crippen molar-refractivity contribution in [1.29, 1.82) is 5.26 Å². The molecule has 0 aliphatic heterocycles. The molecule has 5 nitrogen and oxygen atoms in total. The van der Waals surface area contributed by atoms with Crippen molar-refractivity contribution in [3.8, 4) is 11.8 Å². The van der Waals surface area contributed by atoms with Crippen LogP contribution < -0.4 is 9.64 Å². The molecule has 0 heterocycles. The Morgan fingerprint density at radius 3 is 2.33 bits per heavy atom. The second kappa shape index (κ2) is 9.75. The van der Waals surface area contributed by atoms with Gasteiger partial charge in [0.1, 0.15) is 5.75 Å². The van der Waals surface area contributed by atoms with Gasteiger partial charge in [-0.15, -0.1) is 0 Å². The Labute approximate surface area is 160 Å². The molecule has 0 aromatic heterocycles. The van der Waals surface area contributed by atoms with Crippen LogP contribution in [-0.2, 0) is 4.79 Å². The molecule has 1 amide bonds. The molecular formula is C22H26N2O3. The molecular weight excluding hydrogens is 340 g/mol. The summed E-state index contributed by atoms with van der Waals surface area (Å²) in [6.45, 7) is 2.06. The SMILES string of the molecule is CCCC[C@@H](C(=O)N(C)c1ccc(OC)cc1)[C@H](O)c1ccc(C#N)cc1. The van der Waals surface area contributed by atoms with Crippen LogP contribution in [0.3, 0.4) is 0 Å². The zero-order valence-corrected chi connectivity index (χ0v) is 16.1. The van der Waals surface area contributed by atoms with E-state index in [2.05, 4.69) is 13.0 Å². The summed E-state index contributed by atoms with van der Waals surface area (Å²) in [6.07, 6.45) is 1.46. The highest BCUT2D eigenvalue weighted by Crippen LogP contribution is 2.30. The van der Waals surface area contributed by atoms with Crippen molar-refractivity contribution in [2.24, 2.45) is 5.92 Å². The topological polar surface area (TPSA) is 73.6 Å². The van der Waals surface area contributed by atoms with E-state index in [0.29, 0.717) is 17.5 Å². The van der Waals surface area contributed by atoms with Gasteiger partial charge in [0.25, 0.3) is 0 Å². The number of nitrogens with zero attached hydrogens (tertiary/aromatic N) is 2. The molecule has 27 heavy (non-hydrogen) atoms. The third-order valence-corrected chi connectivity index (χ3v) is 4.74. The number of aliphatic hydroxyl groups is 1. The zero-order valence-electron chi connectivity index (χ0n) is 16.1. The number of carbonyl (C=O) groups excluding carboxylic acids is 1. The van der Waals surface area contributed by atoms with Gasteiger partial charge in [-0.25, -0.2) is 0 Å². The van der Waals surface area contributed by atoms with E-state index in [-0.39, 0.29) is 5.91 Å². The number of aliphatic hydroxyl groups excluding tert-OH is 1. The van der Waals surface area contributed by atoms with Crippen LogP contribution in [0.15, 0.2) is 48.5 Å². The maximum absolute atomic E-state index is 13.1. The molecule has 0 saturated heterocycles. The molecule has 0 bridgehead atoms. The van der Waals surface area contributed by atoms with E-state index in [4.69, 9.17) is 10.00 Å². The van der Waals surface area contributed by atoms with Crippen LogP contribution in [0.2, 0.25) is 0 Å². The van der Waals surface area contributed by atoms with E-state index < -0.39 is 12.0 Å². The summed E-state index contributed by atoms with van der Waals surface area (Å²) in [5.74, 6) is 0.0372. The van der Waals surface area contributed by atoms with Gasteiger partial charge in [0.15, 0.2) is 0 Å². The molecule has 0 aliphatic carbocycles. The highest BCUT2D eigenvalue weighted by molar-refractivity contribution is 5.95. The summed E-state index contributed by atoms with van der Waals surface area (Å²) in [7, 11) is 3.31. The van der Waals surface area contributed by atoms with Gasteiger partial charge in [-0.05, 0) is 48.4 Å². The lowest BCUT2D eigenvalue weighted by molar-refractivity contribution is -0.126. The van der Waals surface area contributed by atoms with Crippen molar-refractivity contribution in [2.45, 2.75) is 32.3 Å². The third-order valence-electron chi connectivity index (χ3n) is 4.74. The molecule has 2 aromatic rings. The van der Waals surface area contributed by atoms with Crippen LogP contribution in [0.5, 0.6) is 5.75 Å². The van der Waals surface area contributed by atoms with Crippen LogP contribution in [0.4, 0.5) is 5.69 Å². The van der Waals surface area contributed by atoms with Gasteiger partial charge in [-0.2, -0.15) is 5.26 Å². The maximum atomic E-state index is 13.1. The minimum Gasteiger partial charge on any atom is -0.497 e.